The summed E-state index contributed by atoms with van der Waals surface area (Å²) < 4.78 is 0.562. The average molecular weight is 264 g/mol. The predicted octanol–water partition coefficient (Wildman–Crippen LogP) is -0.208. The minimum Gasteiger partial charge on any atom is -0.382 e. The van der Waals surface area contributed by atoms with Gasteiger partial charge < -0.3 is 17.3 Å². The summed E-state index contributed by atoms with van der Waals surface area (Å²) in [4.78, 5) is 18.9. The van der Waals surface area contributed by atoms with E-state index >= 15 is 0 Å². The summed E-state index contributed by atoms with van der Waals surface area (Å²) in [5, 5.41) is 2.91. The van der Waals surface area contributed by atoms with Gasteiger partial charge in [0.1, 0.15) is 6.34 Å². The number of carbonyl (C=O) groups excluding carboxylic acids is 1. The van der Waals surface area contributed by atoms with Gasteiger partial charge in [0, 0.05) is 11.8 Å². The molecule has 0 fully saturated rings. The molecule has 10 heteroatoms. The van der Waals surface area contributed by atoms with Crippen LogP contribution in [0, 0.1) is 0 Å². The van der Waals surface area contributed by atoms with Crippen LogP contribution in [-0.2, 0) is 0 Å². The van der Waals surface area contributed by atoms with E-state index in [0.29, 0.717) is 4.42 Å². The Balaban J connectivity index is 3.14. The Hall–Kier alpha value is -1.80. The minimum atomic E-state index is -0.775. The molecule has 0 radical (unpaired) electrons. The fraction of sp³-hybridized carbons (Fsp3) is 0. The maximum Gasteiger partial charge on any atom is 0.296 e. The summed E-state index contributed by atoms with van der Waals surface area (Å²) in [6, 6.07) is 0. The van der Waals surface area contributed by atoms with Crippen LogP contribution in [0.3, 0.4) is 0 Å². The number of hydrazone groups is 1. The third-order valence-electron chi connectivity index (χ3n) is 1.47. The molecule has 0 bridgehead atoms. The van der Waals surface area contributed by atoms with Crippen LogP contribution in [0.15, 0.2) is 5.10 Å². The Morgan fingerprint density at radius 1 is 1.38 bits per heavy atom. The van der Waals surface area contributed by atoms with Gasteiger partial charge in [0.15, 0.2) is 22.5 Å². The fourth-order valence-electron chi connectivity index (χ4n) is 0.811. The van der Waals surface area contributed by atoms with Gasteiger partial charge in [-0.25, -0.2) is 14.4 Å². The molecule has 8 nitrogen and oxygen atoms in total. The van der Waals surface area contributed by atoms with Gasteiger partial charge in [0.05, 0.1) is 0 Å². The number of nitrogens with zero attached hydrogens (tertiary/aromatic N) is 4. The lowest BCUT2D eigenvalue weighted by Crippen LogP contribution is -2.23. The number of hydrogen-bond donors (Lipinski definition) is 3. The largest absolute Gasteiger partial charge is 0.382 e. The Labute approximate surface area is 100 Å². The summed E-state index contributed by atoms with van der Waals surface area (Å²) in [5.74, 6) is 3.77. The van der Waals surface area contributed by atoms with Crippen molar-refractivity contribution < 1.29 is 4.79 Å². The molecule has 0 aliphatic carbocycles. The zero-order chi connectivity index (χ0) is 12.3. The minimum absolute atomic E-state index is 0.0793. The summed E-state index contributed by atoms with van der Waals surface area (Å²) in [5.41, 5.74) is 10.5. The SMILES string of the molecule is NN=CN(Cl)C(=O)c1nc(Cl)c(N)nc1N. The Bertz CT molecular complexity index is 449. The second kappa shape index (κ2) is 4.81. The van der Waals surface area contributed by atoms with E-state index in [1.807, 2.05) is 0 Å². The molecule has 1 amide bonds. The molecular formula is C6H7Cl2N7O. The van der Waals surface area contributed by atoms with E-state index in [9.17, 15) is 4.79 Å². The molecule has 0 saturated heterocycles. The lowest BCUT2D eigenvalue weighted by Gasteiger charge is -2.08. The van der Waals surface area contributed by atoms with E-state index in [1.54, 1.807) is 0 Å². The van der Waals surface area contributed by atoms with Crippen LogP contribution in [0.2, 0.25) is 5.15 Å². The predicted molar refractivity (Wildman–Crippen MR) is 60.6 cm³/mol. The maximum absolute atomic E-state index is 11.6. The molecule has 86 valence electrons. The molecule has 0 atom stereocenters. The third-order valence-corrected chi connectivity index (χ3v) is 1.99. The molecule has 1 aromatic rings. The Morgan fingerprint density at radius 2 is 2.00 bits per heavy atom. The van der Waals surface area contributed by atoms with Gasteiger partial charge in [-0.3, -0.25) is 4.79 Å². The van der Waals surface area contributed by atoms with Crippen LogP contribution in [0.4, 0.5) is 11.6 Å². The van der Waals surface area contributed by atoms with Gasteiger partial charge in [-0.1, -0.05) is 11.6 Å². The lowest BCUT2D eigenvalue weighted by atomic mass is 10.4. The smallest absolute Gasteiger partial charge is 0.296 e. The van der Waals surface area contributed by atoms with Crippen molar-refractivity contribution >= 4 is 47.3 Å². The van der Waals surface area contributed by atoms with Crippen molar-refractivity contribution in [2.24, 2.45) is 10.9 Å². The first-order valence-electron chi connectivity index (χ1n) is 3.78. The zero-order valence-corrected chi connectivity index (χ0v) is 9.27. The normalized spacial score (nSPS) is 10.6. The lowest BCUT2D eigenvalue weighted by molar-refractivity contribution is 0.0912. The van der Waals surface area contributed by atoms with E-state index in [0.717, 1.165) is 6.34 Å². The van der Waals surface area contributed by atoms with Gasteiger partial charge in [-0.2, -0.15) is 5.10 Å². The molecule has 0 saturated carbocycles. The third kappa shape index (κ3) is 2.41. The number of nitrogen functional groups attached to an aromatic ring is 2. The van der Waals surface area contributed by atoms with E-state index in [1.165, 1.54) is 0 Å². The first kappa shape index (κ1) is 12.3. The van der Waals surface area contributed by atoms with Crippen molar-refractivity contribution in [2.75, 3.05) is 11.5 Å². The second-order valence-corrected chi connectivity index (χ2v) is 3.24. The van der Waals surface area contributed by atoms with Crippen molar-refractivity contribution in [3.8, 4) is 0 Å². The highest BCUT2D eigenvalue weighted by atomic mass is 35.5. The van der Waals surface area contributed by atoms with Crippen molar-refractivity contribution in [3.05, 3.63) is 10.8 Å². The van der Waals surface area contributed by atoms with E-state index < -0.39 is 5.91 Å². The number of rotatable bonds is 2. The number of carbonyl (C=O) groups is 1. The topological polar surface area (TPSA) is 137 Å². The van der Waals surface area contributed by atoms with Crippen LogP contribution in [0.1, 0.15) is 10.5 Å². The highest BCUT2D eigenvalue weighted by molar-refractivity contribution is 6.33. The quantitative estimate of drug-likeness (QED) is 0.222. The highest BCUT2D eigenvalue weighted by Gasteiger charge is 2.20. The number of halogens is 2. The summed E-state index contributed by atoms with van der Waals surface area (Å²) in [6.07, 6.45) is 0.870. The first-order chi connectivity index (χ1) is 7.47. The van der Waals surface area contributed by atoms with Crippen molar-refractivity contribution in [3.63, 3.8) is 0 Å². The molecule has 1 heterocycles. The van der Waals surface area contributed by atoms with Crippen molar-refractivity contribution in [2.45, 2.75) is 0 Å². The molecule has 1 aromatic heterocycles. The highest BCUT2D eigenvalue weighted by Crippen LogP contribution is 2.18. The number of aromatic nitrogens is 2. The van der Waals surface area contributed by atoms with Gasteiger partial charge >= 0.3 is 0 Å². The molecule has 0 aromatic carbocycles. The maximum atomic E-state index is 11.6. The standard InChI is InChI=1S/C6H7Cl2N7O/c7-3-5(10)14-4(9)2(13-3)6(16)15(8)1-12-11/h1H,11H2,(H4,9,10,14). The molecule has 0 aliphatic heterocycles. The average Bonchev–Trinajstić information content (AvgIpc) is 2.23. The van der Waals surface area contributed by atoms with Gasteiger partial charge in [0.2, 0.25) is 0 Å². The van der Waals surface area contributed by atoms with Crippen LogP contribution < -0.4 is 17.3 Å². The second-order valence-electron chi connectivity index (χ2n) is 2.51. The van der Waals surface area contributed by atoms with Crippen LogP contribution >= 0.6 is 23.4 Å². The summed E-state index contributed by atoms with van der Waals surface area (Å²) >= 11 is 11.1. The van der Waals surface area contributed by atoms with Crippen molar-refractivity contribution in [1.82, 2.24) is 14.4 Å². The van der Waals surface area contributed by atoms with Gasteiger partial charge in [0.25, 0.3) is 5.91 Å². The first-order valence-corrected chi connectivity index (χ1v) is 4.50. The van der Waals surface area contributed by atoms with E-state index in [4.69, 9.17) is 40.7 Å². The zero-order valence-electron chi connectivity index (χ0n) is 7.76. The number of nitrogens with two attached hydrogens (primary N) is 3. The summed E-state index contributed by atoms with van der Waals surface area (Å²) in [7, 11) is 0. The van der Waals surface area contributed by atoms with Crippen LogP contribution in [-0.4, -0.2) is 26.6 Å². The molecule has 1 rings (SSSR count). The molecule has 6 N–H and O–H groups in total. The van der Waals surface area contributed by atoms with Crippen LogP contribution in [0.5, 0.6) is 0 Å². The molecule has 0 spiro atoms. The van der Waals surface area contributed by atoms with Crippen LogP contribution in [0.25, 0.3) is 0 Å². The number of amides is 1. The monoisotopic (exact) mass is 263 g/mol. The molecule has 16 heavy (non-hydrogen) atoms. The Morgan fingerprint density at radius 3 is 2.56 bits per heavy atom. The fourth-order valence-corrected chi connectivity index (χ4v) is 1.07. The molecular weight excluding hydrogens is 257 g/mol. The number of anilines is 2. The van der Waals surface area contributed by atoms with E-state index in [2.05, 4.69) is 15.1 Å². The van der Waals surface area contributed by atoms with E-state index in [-0.39, 0.29) is 22.5 Å². The van der Waals surface area contributed by atoms with Gasteiger partial charge in [-0.05, 0) is 0 Å². The van der Waals surface area contributed by atoms with Crippen molar-refractivity contribution in [1.29, 1.82) is 0 Å². The van der Waals surface area contributed by atoms with Gasteiger partial charge in [-0.15, -0.1) is 0 Å². The number of hydrogen-bond acceptors (Lipinski definition) is 7. The molecule has 0 unspecified atom stereocenters. The Kier molecular flexibility index (Phi) is 3.69. The summed E-state index contributed by atoms with van der Waals surface area (Å²) in [6.45, 7) is 0. The molecule has 0 aliphatic rings.